The molecule has 0 aromatic heterocycles. The number of halogens is 2. The molecule has 4 nitrogen and oxygen atoms in total. The predicted octanol–water partition coefficient (Wildman–Crippen LogP) is 5.24. The molecule has 2 aromatic carbocycles. The van der Waals surface area contributed by atoms with Gasteiger partial charge >= 0.3 is 0 Å². The van der Waals surface area contributed by atoms with Crippen LogP contribution in [0, 0.1) is 23.0 Å². The van der Waals surface area contributed by atoms with Crippen LogP contribution in [0.15, 0.2) is 54.2 Å². The van der Waals surface area contributed by atoms with Crippen molar-refractivity contribution in [2.45, 2.75) is 65.0 Å². The molecule has 4 N–H and O–H groups in total. The fourth-order valence-corrected chi connectivity index (χ4v) is 4.81. The second kappa shape index (κ2) is 11.2. The van der Waals surface area contributed by atoms with Crippen LogP contribution >= 0.6 is 0 Å². The zero-order valence-electron chi connectivity index (χ0n) is 20.5. The number of aliphatic imine (C=N–C) groups is 1. The van der Waals surface area contributed by atoms with Crippen LogP contribution in [0.2, 0.25) is 0 Å². The van der Waals surface area contributed by atoms with Gasteiger partial charge in [0.1, 0.15) is 17.5 Å². The number of nitrogens with zero attached hydrogens (tertiary/aromatic N) is 1. The third-order valence-electron chi connectivity index (χ3n) is 6.30. The number of nitrogens with two attached hydrogens (primary N) is 1. The number of fused-ring (bicyclic) bond motifs is 1. The van der Waals surface area contributed by atoms with Gasteiger partial charge in [-0.1, -0.05) is 45.5 Å². The van der Waals surface area contributed by atoms with Crippen molar-refractivity contribution in [3.63, 3.8) is 0 Å². The van der Waals surface area contributed by atoms with Crippen LogP contribution in [0.3, 0.4) is 0 Å². The van der Waals surface area contributed by atoms with E-state index in [0.717, 1.165) is 31.7 Å². The van der Waals surface area contributed by atoms with Gasteiger partial charge in [0.25, 0.3) is 0 Å². The van der Waals surface area contributed by atoms with E-state index in [-0.39, 0.29) is 30.3 Å². The third-order valence-corrected chi connectivity index (χ3v) is 6.30. The quantitative estimate of drug-likeness (QED) is 0.347. The van der Waals surface area contributed by atoms with Crippen LogP contribution in [-0.4, -0.2) is 23.6 Å². The molecule has 34 heavy (non-hydrogen) atoms. The van der Waals surface area contributed by atoms with Gasteiger partial charge in [0.15, 0.2) is 0 Å². The van der Waals surface area contributed by atoms with E-state index in [2.05, 4.69) is 55.9 Å². The van der Waals surface area contributed by atoms with Crippen molar-refractivity contribution < 1.29 is 13.9 Å². The van der Waals surface area contributed by atoms with Gasteiger partial charge in [-0.25, -0.2) is 13.8 Å². The van der Waals surface area contributed by atoms with E-state index in [0.29, 0.717) is 5.56 Å². The van der Waals surface area contributed by atoms with Crippen LogP contribution in [-0.2, 0) is 19.3 Å². The van der Waals surface area contributed by atoms with E-state index in [1.165, 1.54) is 35.0 Å². The second-order valence-electron chi connectivity index (χ2n) is 10.5. The molecule has 0 heterocycles. The van der Waals surface area contributed by atoms with Gasteiger partial charge in [-0.15, -0.1) is 0 Å². The fourth-order valence-electron chi connectivity index (χ4n) is 4.81. The number of hydrogen-bond acceptors (Lipinski definition) is 3. The molecule has 0 spiro atoms. The fraction of sp³-hybridized carbons (Fsp3) is 0.464. The summed E-state index contributed by atoms with van der Waals surface area (Å²) in [5, 5.41) is 14.6. The topological polar surface area (TPSA) is 70.6 Å². The third kappa shape index (κ3) is 7.21. The molecule has 1 aliphatic rings. The largest absolute Gasteiger partial charge is 0.391 e. The number of benzene rings is 2. The summed E-state index contributed by atoms with van der Waals surface area (Å²) in [6.07, 6.45) is 4.69. The molecule has 184 valence electrons. The predicted molar refractivity (Wildman–Crippen MR) is 135 cm³/mol. The van der Waals surface area contributed by atoms with E-state index >= 15 is 0 Å². The SMILES string of the molecule is C=CN=C(N)C(Cc1cc(F)cc(F)c1)C(O)CNC1CCCc2ccc(CC(C)(C)C)cc21. The zero-order valence-corrected chi connectivity index (χ0v) is 20.5. The Morgan fingerprint density at radius 2 is 1.91 bits per heavy atom. The standard InChI is InChI=1S/C28H37F2N3O/c1-5-32-27(31)24(14-19-11-21(29)15-22(30)12-19)26(34)17-33-25-8-6-7-20-10-9-18(13-23(20)25)16-28(2,3)4/h5,9-13,15,24-26,33-34H,1,6-8,14,16-17H2,2-4H3,(H2,31,32). The summed E-state index contributed by atoms with van der Waals surface area (Å²) in [6.45, 7) is 10.6. The molecule has 3 atom stereocenters. The lowest BCUT2D eigenvalue weighted by Gasteiger charge is -2.30. The Labute approximate surface area is 202 Å². The number of aliphatic hydroxyl groups is 1. The molecule has 0 radical (unpaired) electrons. The maximum absolute atomic E-state index is 13.7. The summed E-state index contributed by atoms with van der Waals surface area (Å²) in [4.78, 5) is 4.05. The molecule has 0 aliphatic heterocycles. The number of nitrogens with one attached hydrogen (secondary N) is 1. The lowest BCUT2D eigenvalue weighted by molar-refractivity contribution is 0.130. The summed E-state index contributed by atoms with van der Waals surface area (Å²) < 4.78 is 27.4. The first kappa shape index (κ1) is 26.0. The first-order chi connectivity index (χ1) is 16.1. The first-order valence-corrected chi connectivity index (χ1v) is 12.0. The highest BCUT2D eigenvalue weighted by atomic mass is 19.1. The lowest BCUT2D eigenvalue weighted by Crippen LogP contribution is -2.42. The van der Waals surface area contributed by atoms with Crippen molar-refractivity contribution in [2.75, 3.05) is 6.54 Å². The molecule has 0 fully saturated rings. The average molecular weight is 470 g/mol. The minimum atomic E-state index is -0.891. The van der Waals surface area contributed by atoms with Gasteiger partial charge in [0.2, 0.25) is 0 Å². The summed E-state index contributed by atoms with van der Waals surface area (Å²) in [6, 6.07) is 10.2. The summed E-state index contributed by atoms with van der Waals surface area (Å²) in [5.41, 5.74) is 10.7. The van der Waals surface area contributed by atoms with Gasteiger partial charge < -0.3 is 16.2 Å². The molecule has 3 unspecified atom stereocenters. The molecule has 6 heteroatoms. The molecule has 0 bridgehead atoms. The van der Waals surface area contributed by atoms with Gasteiger partial charge in [0, 0.05) is 30.8 Å². The Bertz CT molecular complexity index is 1010. The molecular formula is C28H37F2N3O. The maximum Gasteiger partial charge on any atom is 0.126 e. The van der Waals surface area contributed by atoms with Crippen molar-refractivity contribution in [3.05, 3.63) is 83.1 Å². The van der Waals surface area contributed by atoms with Crippen LogP contribution in [0.25, 0.3) is 0 Å². The molecule has 0 saturated carbocycles. The molecule has 0 saturated heterocycles. The van der Waals surface area contributed by atoms with Crippen molar-refractivity contribution in [1.82, 2.24) is 5.32 Å². The number of amidine groups is 1. The van der Waals surface area contributed by atoms with E-state index in [1.54, 1.807) is 0 Å². The second-order valence-corrected chi connectivity index (χ2v) is 10.5. The van der Waals surface area contributed by atoms with Gasteiger partial charge in [-0.05, 0) is 71.9 Å². The Kier molecular flexibility index (Phi) is 8.61. The minimum absolute atomic E-state index is 0.128. The van der Waals surface area contributed by atoms with Crippen LogP contribution in [0.5, 0.6) is 0 Å². The van der Waals surface area contributed by atoms with Crippen LogP contribution < -0.4 is 11.1 Å². The number of hydrogen-bond donors (Lipinski definition) is 3. The summed E-state index contributed by atoms with van der Waals surface area (Å²) in [5.74, 6) is -1.75. The van der Waals surface area contributed by atoms with Crippen LogP contribution in [0.4, 0.5) is 8.78 Å². The molecule has 0 amide bonds. The number of rotatable bonds is 9. The van der Waals surface area contributed by atoms with E-state index < -0.39 is 23.7 Å². The zero-order chi connectivity index (χ0) is 24.9. The summed E-state index contributed by atoms with van der Waals surface area (Å²) in [7, 11) is 0. The van der Waals surface area contributed by atoms with Gasteiger partial charge in [0.05, 0.1) is 6.10 Å². The van der Waals surface area contributed by atoms with Gasteiger partial charge in [-0.3, -0.25) is 0 Å². The van der Waals surface area contributed by atoms with Crippen LogP contribution in [0.1, 0.15) is 61.9 Å². The van der Waals surface area contributed by atoms with E-state index in [1.807, 2.05) is 0 Å². The highest BCUT2D eigenvalue weighted by Crippen LogP contribution is 2.32. The first-order valence-electron chi connectivity index (χ1n) is 12.0. The Morgan fingerprint density at radius 1 is 1.21 bits per heavy atom. The lowest BCUT2D eigenvalue weighted by atomic mass is 9.82. The minimum Gasteiger partial charge on any atom is -0.391 e. The normalized spacial score (nSPS) is 18.3. The van der Waals surface area contributed by atoms with E-state index in [9.17, 15) is 13.9 Å². The van der Waals surface area contributed by atoms with Crippen molar-refractivity contribution in [2.24, 2.45) is 22.1 Å². The molecule has 1 aliphatic carbocycles. The Hall–Kier alpha value is -2.57. The molecular weight excluding hydrogens is 432 g/mol. The molecule has 3 rings (SSSR count). The Morgan fingerprint density at radius 3 is 2.56 bits per heavy atom. The number of aliphatic hydroxyl groups excluding tert-OH is 1. The highest BCUT2D eigenvalue weighted by Gasteiger charge is 2.27. The monoisotopic (exact) mass is 469 g/mol. The van der Waals surface area contributed by atoms with E-state index in [4.69, 9.17) is 5.73 Å². The smallest absolute Gasteiger partial charge is 0.126 e. The highest BCUT2D eigenvalue weighted by molar-refractivity contribution is 5.84. The van der Waals surface area contributed by atoms with Crippen molar-refractivity contribution >= 4 is 5.84 Å². The molecule has 2 aromatic rings. The summed E-state index contributed by atoms with van der Waals surface area (Å²) >= 11 is 0. The van der Waals surface area contributed by atoms with Gasteiger partial charge in [-0.2, -0.15) is 0 Å². The van der Waals surface area contributed by atoms with Crippen molar-refractivity contribution in [1.29, 1.82) is 0 Å². The maximum atomic E-state index is 13.7. The Balaban J connectivity index is 1.75. The number of aryl methyl sites for hydroxylation is 1. The van der Waals surface area contributed by atoms with Crippen molar-refractivity contribution in [3.8, 4) is 0 Å². The average Bonchev–Trinajstić information content (AvgIpc) is 2.74.